The highest BCUT2D eigenvalue weighted by Gasteiger charge is 2.06. The fourth-order valence-corrected chi connectivity index (χ4v) is 3.16. The summed E-state index contributed by atoms with van der Waals surface area (Å²) in [7, 11) is 0. The van der Waals surface area contributed by atoms with Gasteiger partial charge in [0.1, 0.15) is 0 Å². The summed E-state index contributed by atoms with van der Waals surface area (Å²) in [6.45, 7) is 2.83. The van der Waals surface area contributed by atoms with Crippen LogP contribution in [0.15, 0.2) is 0 Å². The van der Waals surface area contributed by atoms with E-state index < -0.39 is 0 Å². The van der Waals surface area contributed by atoms with Gasteiger partial charge in [0.15, 0.2) is 0 Å². The van der Waals surface area contributed by atoms with E-state index in [2.05, 4.69) is 6.92 Å². The molecule has 0 spiro atoms. The topological polar surface area (TPSA) is 40.5 Å². The van der Waals surface area contributed by atoms with Crippen LogP contribution in [-0.4, -0.2) is 23.4 Å². The maximum Gasteiger partial charge on any atom is 0.0459 e. The third-order valence-electron chi connectivity index (χ3n) is 4.74. The van der Waals surface area contributed by atoms with Crippen LogP contribution >= 0.6 is 0 Å². The van der Waals surface area contributed by atoms with E-state index in [9.17, 15) is 5.11 Å². The van der Waals surface area contributed by atoms with Crippen LogP contribution in [0.3, 0.4) is 0 Å². The van der Waals surface area contributed by atoms with Gasteiger partial charge in [-0.15, -0.1) is 0 Å². The van der Waals surface area contributed by atoms with Gasteiger partial charge in [0.2, 0.25) is 0 Å². The molecule has 134 valence electrons. The molecule has 0 aliphatic carbocycles. The molecule has 0 amide bonds. The number of hydrogen-bond donors (Lipinski definition) is 2. The molecule has 2 nitrogen and oxygen atoms in total. The fourth-order valence-electron chi connectivity index (χ4n) is 3.16. The van der Waals surface area contributed by atoms with E-state index >= 15 is 0 Å². The molecular formula is C20H42O2. The van der Waals surface area contributed by atoms with E-state index in [1.54, 1.807) is 0 Å². The van der Waals surface area contributed by atoms with Crippen LogP contribution in [0.5, 0.6) is 0 Å². The Morgan fingerprint density at radius 1 is 0.545 bits per heavy atom. The fraction of sp³-hybridized carbons (Fsp3) is 1.00. The highest BCUT2D eigenvalue weighted by Crippen LogP contribution is 2.17. The molecule has 2 N–H and O–H groups in total. The molecule has 1 atom stereocenters. The number of aliphatic hydroxyl groups is 2. The monoisotopic (exact) mass is 314 g/mol. The maximum absolute atomic E-state index is 9.26. The van der Waals surface area contributed by atoms with E-state index in [0.717, 1.165) is 19.3 Å². The molecule has 0 aliphatic rings. The Kier molecular flexibility index (Phi) is 18.9. The molecule has 0 bridgehead atoms. The standard InChI is InChI=1S/C20H42O2/c1-2-3-4-5-6-7-8-9-10-11-12-13-14-16-20(19-22)17-15-18-21/h20-22H,2-19H2,1H3. The van der Waals surface area contributed by atoms with Gasteiger partial charge in [-0.2, -0.15) is 0 Å². The average Bonchev–Trinajstić information content (AvgIpc) is 2.54. The lowest BCUT2D eigenvalue weighted by Gasteiger charge is -2.12. The molecule has 0 aromatic rings. The number of unbranched alkanes of at least 4 members (excludes halogenated alkanes) is 12. The molecule has 0 aliphatic heterocycles. The summed E-state index contributed by atoms with van der Waals surface area (Å²) in [6.07, 6.45) is 21.0. The summed E-state index contributed by atoms with van der Waals surface area (Å²) in [4.78, 5) is 0. The average molecular weight is 315 g/mol. The second-order valence-electron chi connectivity index (χ2n) is 6.95. The first kappa shape index (κ1) is 21.9. The smallest absolute Gasteiger partial charge is 0.0459 e. The Bertz CT molecular complexity index is 194. The van der Waals surface area contributed by atoms with Crippen molar-refractivity contribution in [2.45, 2.75) is 110 Å². The third-order valence-corrected chi connectivity index (χ3v) is 4.74. The predicted octanol–water partition coefficient (Wildman–Crippen LogP) is 5.85. The van der Waals surface area contributed by atoms with E-state index in [1.165, 1.54) is 83.5 Å². The number of rotatable bonds is 18. The Hall–Kier alpha value is -0.0800. The highest BCUT2D eigenvalue weighted by atomic mass is 16.3. The van der Waals surface area contributed by atoms with Crippen LogP contribution in [-0.2, 0) is 0 Å². The summed E-state index contributed by atoms with van der Waals surface area (Å²) < 4.78 is 0. The Labute approximate surface area is 139 Å². The zero-order chi connectivity index (χ0) is 16.3. The molecule has 0 saturated carbocycles. The highest BCUT2D eigenvalue weighted by molar-refractivity contribution is 4.58. The summed E-state index contributed by atoms with van der Waals surface area (Å²) >= 11 is 0. The van der Waals surface area contributed by atoms with Crippen molar-refractivity contribution in [1.29, 1.82) is 0 Å². The summed E-state index contributed by atoms with van der Waals surface area (Å²) in [6, 6.07) is 0. The minimum Gasteiger partial charge on any atom is -0.396 e. The first-order chi connectivity index (χ1) is 10.8. The Balaban J connectivity index is 3.13. The predicted molar refractivity (Wildman–Crippen MR) is 97.2 cm³/mol. The molecule has 0 heterocycles. The number of hydrogen-bond acceptors (Lipinski definition) is 2. The SMILES string of the molecule is CCCCCCCCCCCCCCCC(CO)CCCO. The van der Waals surface area contributed by atoms with Gasteiger partial charge in [0.25, 0.3) is 0 Å². The van der Waals surface area contributed by atoms with Crippen molar-refractivity contribution in [2.24, 2.45) is 5.92 Å². The van der Waals surface area contributed by atoms with Gasteiger partial charge in [0.05, 0.1) is 0 Å². The lowest BCUT2D eigenvalue weighted by atomic mass is 9.96. The van der Waals surface area contributed by atoms with Gasteiger partial charge in [0, 0.05) is 13.2 Å². The second kappa shape index (κ2) is 19.0. The Morgan fingerprint density at radius 3 is 1.36 bits per heavy atom. The van der Waals surface area contributed by atoms with E-state index in [1.807, 2.05) is 0 Å². The van der Waals surface area contributed by atoms with Crippen molar-refractivity contribution < 1.29 is 10.2 Å². The maximum atomic E-state index is 9.26. The molecule has 0 radical (unpaired) electrons. The molecular weight excluding hydrogens is 272 g/mol. The van der Waals surface area contributed by atoms with Gasteiger partial charge < -0.3 is 10.2 Å². The van der Waals surface area contributed by atoms with Crippen LogP contribution in [0.2, 0.25) is 0 Å². The minimum absolute atomic E-state index is 0.259. The van der Waals surface area contributed by atoms with Gasteiger partial charge in [-0.3, -0.25) is 0 Å². The van der Waals surface area contributed by atoms with Crippen molar-refractivity contribution >= 4 is 0 Å². The van der Waals surface area contributed by atoms with Gasteiger partial charge >= 0.3 is 0 Å². The van der Waals surface area contributed by atoms with Crippen LogP contribution in [0.1, 0.15) is 110 Å². The molecule has 2 heteroatoms. The quantitative estimate of drug-likeness (QED) is 0.312. The van der Waals surface area contributed by atoms with E-state index in [-0.39, 0.29) is 13.2 Å². The van der Waals surface area contributed by atoms with Crippen molar-refractivity contribution in [2.75, 3.05) is 13.2 Å². The van der Waals surface area contributed by atoms with Gasteiger partial charge in [-0.25, -0.2) is 0 Å². The first-order valence-electron chi connectivity index (χ1n) is 10.1. The second-order valence-corrected chi connectivity index (χ2v) is 6.95. The summed E-state index contributed by atoms with van der Waals surface area (Å²) in [5.41, 5.74) is 0. The summed E-state index contributed by atoms with van der Waals surface area (Å²) in [5, 5.41) is 18.1. The van der Waals surface area contributed by atoms with Crippen LogP contribution < -0.4 is 0 Å². The zero-order valence-corrected chi connectivity index (χ0v) is 15.2. The van der Waals surface area contributed by atoms with Crippen molar-refractivity contribution in [3.05, 3.63) is 0 Å². The molecule has 0 saturated heterocycles. The Morgan fingerprint density at radius 2 is 0.955 bits per heavy atom. The number of aliphatic hydroxyl groups excluding tert-OH is 2. The molecule has 0 aromatic heterocycles. The first-order valence-corrected chi connectivity index (χ1v) is 10.1. The van der Waals surface area contributed by atoms with Crippen LogP contribution in [0, 0.1) is 5.92 Å². The van der Waals surface area contributed by atoms with Crippen LogP contribution in [0.4, 0.5) is 0 Å². The van der Waals surface area contributed by atoms with Crippen molar-refractivity contribution in [3.63, 3.8) is 0 Å². The molecule has 22 heavy (non-hydrogen) atoms. The summed E-state index contributed by atoms with van der Waals surface area (Å²) in [5.74, 6) is 0.417. The van der Waals surface area contributed by atoms with Crippen molar-refractivity contribution in [1.82, 2.24) is 0 Å². The lowest BCUT2D eigenvalue weighted by Crippen LogP contribution is -2.06. The van der Waals surface area contributed by atoms with E-state index in [0.29, 0.717) is 5.92 Å². The third kappa shape index (κ3) is 16.3. The minimum atomic E-state index is 0.259. The molecule has 0 rings (SSSR count). The molecule has 0 aromatic carbocycles. The molecule has 1 unspecified atom stereocenters. The van der Waals surface area contributed by atoms with E-state index in [4.69, 9.17) is 5.11 Å². The largest absolute Gasteiger partial charge is 0.396 e. The normalized spacial score (nSPS) is 12.7. The van der Waals surface area contributed by atoms with Gasteiger partial charge in [-0.1, -0.05) is 90.4 Å². The molecule has 0 fully saturated rings. The van der Waals surface area contributed by atoms with Crippen molar-refractivity contribution in [3.8, 4) is 0 Å². The van der Waals surface area contributed by atoms with Gasteiger partial charge in [-0.05, 0) is 25.2 Å². The zero-order valence-electron chi connectivity index (χ0n) is 15.2. The lowest BCUT2D eigenvalue weighted by molar-refractivity contribution is 0.191. The van der Waals surface area contributed by atoms with Crippen LogP contribution in [0.25, 0.3) is 0 Å².